The van der Waals surface area contributed by atoms with Crippen LogP contribution in [0.25, 0.3) is 0 Å². The molecule has 0 saturated carbocycles. The number of carbonyl (C=O) groups excluding carboxylic acids is 1. The maximum atomic E-state index is 12.7. The summed E-state index contributed by atoms with van der Waals surface area (Å²) in [7, 11) is -1.92. The fraction of sp³-hybridized carbons (Fsp3) is 0.947. The maximum Gasteiger partial charge on any atom is 0.410 e. The minimum Gasteiger partial charge on any atom is -0.444 e. The van der Waals surface area contributed by atoms with E-state index < -0.39 is 20.0 Å². The number of piperidine rings is 1. The molecule has 1 amide bonds. The molecule has 1 aliphatic heterocycles. The molecule has 148 valence electrons. The van der Waals surface area contributed by atoms with Gasteiger partial charge >= 0.3 is 6.09 Å². The van der Waals surface area contributed by atoms with E-state index in [1.165, 1.54) is 0 Å². The van der Waals surface area contributed by atoms with Gasteiger partial charge in [-0.3, -0.25) is 0 Å². The van der Waals surface area contributed by atoms with E-state index in [0.717, 1.165) is 0 Å². The van der Waals surface area contributed by atoms with Gasteiger partial charge < -0.3 is 19.2 Å². The lowest BCUT2D eigenvalue weighted by molar-refractivity contribution is -0.0688. The van der Waals surface area contributed by atoms with Crippen molar-refractivity contribution in [2.24, 2.45) is 5.41 Å². The van der Waals surface area contributed by atoms with E-state index in [-0.39, 0.29) is 22.6 Å². The van der Waals surface area contributed by atoms with Gasteiger partial charge in [0.25, 0.3) is 0 Å². The molecule has 1 heterocycles. The third kappa shape index (κ3) is 5.96. The lowest BCUT2D eigenvalue weighted by Gasteiger charge is -2.47. The average Bonchev–Trinajstić information content (AvgIpc) is 2.36. The van der Waals surface area contributed by atoms with Crippen LogP contribution in [-0.4, -0.2) is 55.3 Å². The van der Waals surface area contributed by atoms with E-state index >= 15 is 0 Å². The molecule has 0 radical (unpaired) electrons. The Morgan fingerprint density at radius 2 is 1.72 bits per heavy atom. The molecule has 1 saturated heterocycles. The van der Waals surface area contributed by atoms with Gasteiger partial charge in [-0.25, -0.2) is 4.79 Å². The van der Waals surface area contributed by atoms with Crippen LogP contribution in [0.4, 0.5) is 4.79 Å². The molecule has 0 aromatic heterocycles. The first-order valence-corrected chi connectivity index (χ1v) is 12.2. The predicted octanol–water partition coefficient (Wildman–Crippen LogP) is 4.40. The number of amides is 1. The lowest BCUT2D eigenvalue weighted by Crippen LogP contribution is -2.59. The molecule has 0 aromatic rings. The van der Waals surface area contributed by atoms with Crippen molar-refractivity contribution < 1.29 is 19.1 Å². The normalized spacial score (nSPS) is 25.0. The van der Waals surface area contributed by atoms with E-state index in [4.69, 9.17) is 9.16 Å². The zero-order valence-corrected chi connectivity index (χ0v) is 18.9. The molecular formula is C19H39NO4Si. The fourth-order valence-electron chi connectivity index (χ4n) is 2.59. The first kappa shape index (κ1) is 22.4. The summed E-state index contributed by atoms with van der Waals surface area (Å²) in [5.41, 5.74) is -0.896. The molecule has 25 heavy (non-hydrogen) atoms. The van der Waals surface area contributed by atoms with Crippen molar-refractivity contribution >= 4 is 14.4 Å². The number of aliphatic hydroxyl groups excluding tert-OH is 1. The number of carbonyl (C=O) groups is 1. The summed E-state index contributed by atoms with van der Waals surface area (Å²) < 4.78 is 11.9. The number of hydrogen-bond donors (Lipinski definition) is 1. The summed E-state index contributed by atoms with van der Waals surface area (Å²) in [5, 5.41) is 10.6. The summed E-state index contributed by atoms with van der Waals surface area (Å²) >= 11 is 0. The molecule has 2 atom stereocenters. The van der Waals surface area contributed by atoms with Crippen LogP contribution in [0.15, 0.2) is 0 Å². The van der Waals surface area contributed by atoms with Crippen LogP contribution in [0, 0.1) is 5.41 Å². The Morgan fingerprint density at radius 3 is 2.16 bits per heavy atom. The second kappa shape index (κ2) is 7.20. The van der Waals surface area contributed by atoms with E-state index in [1.54, 1.807) is 4.90 Å². The van der Waals surface area contributed by atoms with Crippen LogP contribution < -0.4 is 0 Å². The van der Waals surface area contributed by atoms with Gasteiger partial charge in [0.05, 0.1) is 18.8 Å². The SMILES string of the molecule is CC(C)(C)OC(=O)N1CC(C)(C)C(O)C[C@H]1CO[Si](C)(C)C(C)(C)C. The van der Waals surface area contributed by atoms with E-state index in [1.807, 2.05) is 34.6 Å². The van der Waals surface area contributed by atoms with Gasteiger partial charge in [-0.15, -0.1) is 0 Å². The molecule has 1 fully saturated rings. The summed E-state index contributed by atoms with van der Waals surface area (Å²) in [4.78, 5) is 14.5. The third-order valence-corrected chi connectivity index (χ3v) is 9.99. The Balaban J connectivity index is 2.94. The van der Waals surface area contributed by atoms with Crippen molar-refractivity contribution in [1.29, 1.82) is 0 Å². The maximum absolute atomic E-state index is 12.7. The number of nitrogens with zero attached hydrogens (tertiary/aromatic N) is 1. The Kier molecular flexibility index (Phi) is 6.46. The van der Waals surface area contributed by atoms with E-state index in [9.17, 15) is 9.90 Å². The monoisotopic (exact) mass is 373 g/mol. The first-order chi connectivity index (χ1) is 11.0. The van der Waals surface area contributed by atoms with Crippen LogP contribution >= 0.6 is 0 Å². The van der Waals surface area contributed by atoms with E-state index in [0.29, 0.717) is 19.6 Å². The standard InChI is InChI=1S/C19H39NO4Si/c1-17(2,3)24-16(22)20-13-19(7,8)15(21)11-14(20)12-23-25(9,10)18(4,5)6/h14-15,21H,11-13H2,1-10H3/t14-,15?/m0/s1. The molecule has 1 rings (SSSR count). The first-order valence-electron chi connectivity index (χ1n) is 9.28. The Hall–Kier alpha value is -0.593. The summed E-state index contributed by atoms with van der Waals surface area (Å²) in [6, 6.07) is -0.160. The van der Waals surface area contributed by atoms with Crippen molar-refractivity contribution in [2.45, 2.75) is 97.7 Å². The van der Waals surface area contributed by atoms with Gasteiger partial charge in [-0.2, -0.15) is 0 Å². The second-order valence-corrected chi connectivity index (χ2v) is 15.4. The third-order valence-electron chi connectivity index (χ3n) is 5.49. The molecule has 6 heteroatoms. The quantitative estimate of drug-likeness (QED) is 0.745. The topological polar surface area (TPSA) is 59.0 Å². The van der Waals surface area contributed by atoms with Crippen LogP contribution in [-0.2, 0) is 9.16 Å². The Labute approximate surface area is 155 Å². The number of rotatable bonds is 3. The number of ether oxygens (including phenoxy) is 1. The van der Waals surface area contributed by atoms with Crippen molar-refractivity contribution in [1.82, 2.24) is 4.90 Å². The molecule has 0 aromatic carbocycles. The smallest absolute Gasteiger partial charge is 0.410 e. The molecule has 1 aliphatic rings. The molecule has 0 spiro atoms. The van der Waals surface area contributed by atoms with Crippen molar-refractivity contribution in [3.8, 4) is 0 Å². The van der Waals surface area contributed by atoms with Gasteiger partial charge in [-0.1, -0.05) is 34.6 Å². The molecule has 0 aliphatic carbocycles. The van der Waals surface area contributed by atoms with Crippen LogP contribution in [0.2, 0.25) is 18.1 Å². The summed E-state index contributed by atoms with van der Waals surface area (Å²) in [6.45, 7) is 21.5. The number of aliphatic hydroxyl groups is 1. The largest absolute Gasteiger partial charge is 0.444 e. The Morgan fingerprint density at radius 1 is 1.20 bits per heavy atom. The van der Waals surface area contributed by atoms with E-state index in [2.05, 4.69) is 33.9 Å². The number of likely N-dealkylation sites (tertiary alicyclic amines) is 1. The van der Waals surface area contributed by atoms with Gasteiger partial charge in [0.1, 0.15) is 5.60 Å². The van der Waals surface area contributed by atoms with Crippen molar-refractivity contribution in [3.63, 3.8) is 0 Å². The molecule has 1 N–H and O–H groups in total. The molecule has 0 bridgehead atoms. The van der Waals surface area contributed by atoms with Crippen LogP contribution in [0.3, 0.4) is 0 Å². The molecular weight excluding hydrogens is 334 g/mol. The summed E-state index contributed by atoms with van der Waals surface area (Å²) in [5.74, 6) is 0. The van der Waals surface area contributed by atoms with Gasteiger partial charge in [-0.05, 0) is 45.3 Å². The van der Waals surface area contributed by atoms with Crippen molar-refractivity contribution in [2.75, 3.05) is 13.2 Å². The van der Waals surface area contributed by atoms with Crippen LogP contribution in [0.5, 0.6) is 0 Å². The van der Waals surface area contributed by atoms with Crippen molar-refractivity contribution in [3.05, 3.63) is 0 Å². The average molecular weight is 374 g/mol. The van der Waals surface area contributed by atoms with Gasteiger partial charge in [0.2, 0.25) is 0 Å². The zero-order valence-electron chi connectivity index (χ0n) is 17.9. The number of hydrogen-bond acceptors (Lipinski definition) is 4. The van der Waals surface area contributed by atoms with Gasteiger partial charge in [0.15, 0.2) is 8.32 Å². The molecule has 5 nitrogen and oxygen atoms in total. The zero-order chi connectivity index (χ0) is 19.8. The van der Waals surface area contributed by atoms with Gasteiger partial charge in [0, 0.05) is 12.0 Å². The lowest BCUT2D eigenvalue weighted by atomic mass is 9.79. The Bertz CT molecular complexity index is 477. The molecule has 1 unspecified atom stereocenters. The highest BCUT2D eigenvalue weighted by Crippen LogP contribution is 2.38. The predicted molar refractivity (Wildman–Crippen MR) is 104 cm³/mol. The minimum absolute atomic E-state index is 0.107. The highest BCUT2D eigenvalue weighted by molar-refractivity contribution is 6.74. The highest BCUT2D eigenvalue weighted by Gasteiger charge is 2.45. The minimum atomic E-state index is -1.92. The second-order valence-electron chi connectivity index (χ2n) is 10.6. The summed E-state index contributed by atoms with van der Waals surface area (Å²) in [6.07, 6.45) is -0.267. The highest BCUT2D eigenvalue weighted by atomic mass is 28.4. The fourth-order valence-corrected chi connectivity index (χ4v) is 3.63. The van der Waals surface area contributed by atoms with Crippen LogP contribution in [0.1, 0.15) is 61.8 Å².